The number of nitro benzene ring substituents is 1. The molecule has 1 heterocycles. The van der Waals surface area contributed by atoms with Crippen LogP contribution in [0.4, 0.5) is 5.69 Å². The van der Waals surface area contributed by atoms with Crippen molar-refractivity contribution in [3.8, 4) is 0 Å². The van der Waals surface area contributed by atoms with E-state index in [0.717, 1.165) is 17.7 Å². The van der Waals surface area contributed by atoms with Crippen LogP contribution in [0.1, 0.15) is 36.2 Å². The minimum atomic E-state index is -0.435. The predicted molar refractivity (Wildman–Crippen MR) is 97.7 cm³/mol. The Labute approximate surface area is 151 Å². The minimum absolute atomic E-state index is 0.0252. The van der Waals surface area contributed by atoms with E-state index in [-0.39, 0.29) is 17.2 Å². The van der Waals surface area contributed by atoms with Crippen molar-refractivity contribution in [2.24, 2.45) is 13.0 Å². The summed E-state index contributed by atoms with van der Waals surface area (Å²) in [6.07, 6.45) is 4.45. The Morgan fingerprint density at radius 1 is 1.44 bits per heavy atom. The number of aryl methyl sites for hydroxylation is 1. The summed E-state index contributed by atoms with van der Waals surface area (Å²) in [6.45, 7) is 4.56. The summed E-state index contributed by atoms with van der Waals surface area (Å²) in [6, 6.07) is 4.63. The third kappa shape index (κ3) is 5.60. The Balaban J connectivity index is 2.06. The van der Waals surface area contributed by atoms with Crippen LogP contribution in [-0.2, 0) is 13.6 Å². The molecule has 1 amide bonds. The van der Waals surface area contributed by atoms with Gasteiger partial charge in [-0.05, 0) is 30.2 Å². The van der Waals surface area contributed by atoms with Gasteiger partial charge in [-0.3, -0.25) is 19.6 Å². The van der Waals surface area contributed by atoms with Crippen molar-refractivity contribution in [2.45, 2.75) is 31.7 Å². The van der Waals surface area contributed by atoms with Gasteiger partial charge in [-0.25, -0.2) is 0 Å². The minimum Gasteiger partial charge on any atom is -0.348 e. The van der Waals surface area contributed by atoms with Gasteiger partial charge in [0.05, 0.1) is 16.0 Å². The second-order valence-corrected chi connectivity index (χ2v) is 7.31. The Bertz CT molecular complexity index is 758. The lowest BCUT2D eigenvalue weighted by Gasteiger charge is -2.08. The molecule has 25 heavy (non-hydrogen) atoms. The van der Waals surface area contributed by atoms with Gasteiger partial charge < -0.3 is 5.32 Å². The molecule has 0 fully saturated rings. The van der Waals surface area contributed by atoms with Crippen LogP contribution in [0.5, 0.6) is 0 Å². The highest BCUT2D eigenvalue weighted by atomic mass is 32.2. The van der Waals surface area contributed by atoms with Crippen LogP contribution in [0.15, 0.2) is 35.5 Å². The molecule has 0 aliphatic heterocycles. The molecule has 0 saturated heterocycles. The van der Waals surface area contributed by atoms with Crippen molar-refractivity contribution in [3.63, 3.8) is 0 Å². The van der Waals surface area contributed by atoms with Gasteiger partial charge in [0.2, 0.25) is 0 Å². The summed E-state index contributed by atoms with van der Waals surface area (Å²) in [4.78, 5) is 23.7. The quantitative estimate of drug-likeness (QED) is 0.441. The van der Waals surface area contributed by atoms with E-state index in [0.29, 0.717) is 17.4 Å². The zero-order chi connectivity index (χ0) is 18.4. The predicted octanol–water partition coefficient (Wildman–Crippen LogP) is 3.40. The number of benzene rings is 1. The molecule has 1 N–H and O–H groups in total. The summed E-state index contributed by atoms with van der Waals surface area (Å²) in [5, 5.41) is 18.1. The summed E-state index contributed by atoms with van der Waals surface area (Å²) in [5.41, 5.74) is 1.12. The lowest BCUT2D eigenvalue weighted by Crippen LogP contribution is -2.22. The van der Waals surface area contributed by atoms with Gasteiger partial charge in [-0.1, -0.05) is 13.8 Å². The van der Waals surface area contributed by atoms with E-state index in [9.17, 15) is 14.9 Å². The molecule has 2 aromatic rings. The maximum Gasteiger partial charge on any atom is 0.283 e. The van der Waals surface area contributed by atoms with Crippen molar-refractivity contribution < 1.29 is 9.72 Å². The lowest BCUT2D eigenvalue weighted by atomic mass is 10.2. The smallest absolute Gasteiger partial charge is 0.283 e. The molecule has 0 atom stereocenters. The van der Waals surface area contributed by atoms with Crippen LogP contribution >= 0.6 is 11.8 Å². The number of carbonyl (C=O) groups is 1. The van der Waals surface area contributed by atoms with Gasteiger partial charge in [0.1, 0.15) is 0 Å². The van der Waals surface area contributed by atoms with Crippen molar-refractivity contribution >= 4 is 23.4 Å². The Morgan fingerprint density at radius 2 is 2.20 bits per heavy atom. The van der Waals surface area contributed by atoms with Crippen molar-refractivity contribution in [2.75, 3.05) is 5.75 Å². The zero-order valence-electron chi connectivity index (χ0n) is 14.6. The van der Waals surface area contributed by atoms with Crippen molar-refractivity contribution in [1.82, 2.24) is 15.1 Å². The van der Waals surface area contributed by atoms with Crippen LogP contribution < -0.4 is 5.32 Å². The first-order valence-corrected chi connectivity index (χ1v) is 9.02. The second kappa shape index (κ2) is 8.66. The fraction of sp³-hybridized carbons (Fsp3) is 0.412. The number of nitrogens with zero attached hydrogens (tertiary/aromatic N) is 3. The fourth-order valence-corrected chi connectivity index (χ4v) is 3.43. The molecule has 2 rings (SSSR count). The molecule has 7 nitrogen and oxygen atoms in total. The highest BCUT2D eigenvalue weighted by molar-refractivity contribution is 7.99. The third-order valence-electron chi connectivity index (χ3n) is 3.58. The van der Waals surface area contributed by atoms with Crippen LogP contribution in [0.25, 0.3) is 0 Å². The molecule has 0 aliphatic rings. The molecule has 8 heteroatoms. The molecule has 0 aliphatic carbocycles. The molecular weight excluding hydrogens is 340 g/mol. The van der Waals surface area contributed by atoms with Gasteiger partial charge >= 0.3 is 0 Å². The lowest BCUT2D eigenvalue weighted by molar-refractivity contribution is -0.387. The fourth-order valence-electron chi connectivity index (χ4n) is 2.18. The van der Waals surface area contributed by atoms with Gasteiger partial charge in [-0.15, -0.1) is 11.8 Å². The van der Waals surface area contributed by atoms with E-state index in [4.69, 9.17) is 0 Å². The monoisotopic (exact) mass is 362 g/mol. The first kappa shape index (κ1) is 19.0. The molecule has 0 unspecified atom stereocenters. The first-order valence-electron chi connectivity index (χ1n) is 8.03. The van der Waals surface area contributed by atoms with E-state index in [2.05, 4.69) is 24.3 Å². The summed E-state index contributed by atoms with van der Waals surface area (Å²) in [5.74, 6) is 1.01. The molecule has 134 valence electrons. The van der Waals surface area contributed by atoms with Crippen LogP contribution in [0, 0.1) is 16.0 Å². The second-order valence-electron chi connectivity index (χ2n) is 6.18. The molecule has 0 spiro atoms. The van der Waals surface area contributed by atoms with E-state index in [1.807, 2.05) is 0 Å². The number of amides is 1. The standard InChI is InChI=1S/C17H22N4O3S/c1-12(2)6-7-25-16-5-4-14(8-15(16)21(23)24)17(22)18-9-13-10-19-20(3)11-13/h4-5,8,10-12H,6-7,9H2,1-3H3,(H,18,22). The van der Waals surface area contributed by atoms with E-state index in [1.54, 1.807) is 36.3 Å². The first-order chi connectivity index (χ1) is 11.9. The van der Waals surface area contributed by atoms with Gasteiger partial charge in [-0.2, -0.15) is 5.10 Å². The highest BCUT2D eigenvalue weighted by Gasteiger charge is 2.18. The van der Waals surface area contributed by atoms with Crippen molar-refractivity contribution in [3.05, 3.63) is 51.8 Å². The normalized spacial score (nSPS) is 10.9. The number of carbonyl (C=O) groups excluding carboxylic acids is 1. The number of hydrogen-bond acceptors (Lipinski definition) is 5. The largest absolute Gasteiger partial charge is 0.348 e. The van der Waals surface area contributed by atoms with E-state index >= 15 is 0 Å². The number of hydrogen-bond donors (Lipinski definition) is 1. The molecule has 0 radical (unpaired) electrons. The summed E-state index contributed by atoms with van der Waals surface area (Å²) >= 11 is 1.45. The molecular formula is C17H22N4O3S. The number of nitro groups is 1. The molecule has 1 aromatic carbocycles. The SMILES string of the molecule is CC(C)CCSc1ccc(C(=O)NCc2cnn(C)c2)cc1[N+](=O)[O-]. The average Bonchev–Trinajstić information content (AvgIpc) is 2.97. The van der Waals surface area contributed by atoms with E-state index < -0.39 is 4.92 Å². The Morgan fingerprint density at radius 3 is 2.80 bits per heavy atom. The molecule has 0 bridgehead atoms. The summed E-state index contributed by atoms with van der Waals surface area (Å²) < 4.78 is 1.65. The number of thioether (sulfide) groups is 1. The number of rotatable bonds is 8. The molecule has 1 aromatic heterocycles. The Hall–Kier alpha value is -2.35. The van der Waals surface area contributed by atoms with Gasteiger partial charge in [0, 0.05) is 37.0 Å². The average molecular weight is 362 g/mol. The van der Waals surface area contributed by atoms with Crippen LogP contribution in [0.2, 0.25) is 0 Å². The third-order valence-corrected chi connectivity index (χ3v) is 4.68. The number of aromatic nitrogens is 2. The summed E-state index contributed by atoms with van der Waals surface area (Å²) in [7, 11) is 1.80. The zero-order valence-corrected chi connectivity index (χ0v) is 15.4. The van der Waals surface area contributed by atoms with Crippen molar-refractivity contribution in [1.29, 1.82) is 0 Å². The Kier molecular flexibility index (Phi) is 6.58. The maximum atomic E-state index is 12.2. The molecule has 0 saturated carbocycles. The van der Waals surface area contributed by atoms with Gasteiger partial charge in [0.25, 0.3) is 11.6 Å². The van der Waals surface area contributed by atoms with E-state index in [1.165, 1.54) is 17.8 Å². The number of nitrogens with one attached hydrogen (secondary N) is 1. The van der Waals surface area contributed by atoms with Crippen LogP contribution in [0.3, 0.4) is 0 Å². The van der Waals surface area contributed by atoms with Crippen LogP contribution in [-0.4, -0.2) is 26.4 Å². The van der Waals surface area contributed by atoms with Gasteiger partial charge in [0.15, 0.2) is 0 Å². The highest BCUT2D eigenvalue weighted by Crippen LogP contribution is 2.31. The topological polar surface area (TPSA) is 90.1 Å². The maximum absolute atomic E-state index is 12.2.